The van der Waals surface area contributed by atoms with Gasteiger partial charge in [0.2, 0.25) is 5.82 Å². The summed E-state index contributed by atoms with van der Waals surface area (Å²) >= 11 is 0. The lowest BCUT2D eigenvalue weighted by Crippen LogP contribution is -2.28. The quantitative estimate of drug-likeness (QED) is 0.186. The molecule has 0 heterocycles. The number of aliphatic hydroxyl groups is 1. The summed E-state index contributed by atoms with van der Waals surface area (Å²) in [5, 5.41) is 9.93. The van der Waals surface area contributed by atoms with Gasteiger partial charge in [0.15, 0.2) is 34.8 Å². The van der Waals surface area contributed by atoms with Crippen molar-refractivity contribution in [2.45, 2.75) is 83.3 Å². The monoisotopic (exact) mass is 646 g/mol. The molecule has 46 heavy (non-hydrogen) atoms. The van der Waals surface area contributed by atoms with Crippen LogP contribution in [0.1, 0.15) is 93.9 Å². The van der Waals surface area contributed by atoms with E-state index in [4.69, 9.17) is 9.47 Å². The van der Waals surface area contributed by atoms with E-state index in [1.165, 1.54) is 24.3 Å². The van der Waals surface area contributed by atoms with Crippen molar-refractivity contribution in [2.75, 3.05) is 6.61 Å². The zero-order valence-electron chi connectivity index (χ0n) is 25.7. The molecule has 2 aliphatic rings. The van der Waals surface area contributed by atoms with Crippen LogP contribution < -0.4 is 4.74 Å². The second-order valence-electron chi connectivity index (χ2n) is 11.9. The Morgan fingerprint density at radius 3 is 2.04 bits per heavy atom. The molecule has 1 N–H and O–H groups in total. The maximum atomic E-state index is 15.2. The van der Waals surface area contributed by atoms with Gasteiger partial charge in [0.25, 0.3) is 0 Å². The normalized spacial score (nSPS) is 20.6. The van der Waals surface area contributed by atoms with Crippen LogP contribution in [-0.2, 0) is 9.53 Å². The van der Waals surface area contributed by atoms with Crippen molar-refractivity contribution in [3.63, 3.8) is 0 Å². The average molecular weight is 647 g/mol. The van der Waals surface area contributed by atoms with E-state index in [0.717, 1.165) is 12.1 Å². The van der Waals surface area contributed by atoms with E-state index in [1.807, 2.05) is 0 Å². The van der Waals surface area contributed by atoms with Gasteiger partial charge < -0.3 is 14.6 Å². The van der Waals surface area contributed by atoms with Crippen LogP contribution in [0.4, 0.5) is 26.3 Å². The molecule has 1 saturated carbocycles. The fraction of sp³-hybridized carbons (Fsp3) is 0.417. The van der Waals surface area contributed by atoms with Gasteiger partial charge in [-0.2, -0.15) is 4.39 Å². The molecule has 3 aromatic rings. The Bertz CT molecular complexity index is 1630. The fourth-order valence-electron chi connectivity index (χ4n) is 6.43. The molecule has 0 radical (unpaired) electrons. The predicted octanol–water partition coefficient (Wildman–Crippen LogP) is 9.48. The van der Waals surface area contributed by atoms with Crippen molar-refractivity contribution >= 4 is 11.5 Å². The third-order valence-electron chi connectivity index (χ3n) is 9.09. The van der Waals surface area contributed by atoms with E-state index in [0.29, 0.717) is 37.7 Å². The Balaban J connectivity index is 1.19. The molecule has 4 nitrogen and oxygen atoms in total. The van der Waals surface area contributed by atoms with Crippen molar-refractivity contribution in [3.05, 3.63) is 94.1 Å². The highest BCUT2D eigenvalue weighted by Crippen LogP contribution is 2.40. The molecule has 2 atom stereocenters. The van der Waals surface area contributed by atoms with Gasteiger partial charge in [-0.25, -0.2) is 22.0 Å². The molecule has 1 fully saturated rings. The van der Waals surface area contributed by atoms with E-state index < -0.39 is 64.0 Å². The van der Waals surface area contributed by atoms with Gasteiger partial charge in [0.1, 0.15) is 6.10 Å². The van der Waals surface area contributed by atoms with Gasteiger partial charge >= 0.3 is 5.97 Å². The summed E-state index contributed by atoms with van der Waals surface area (Å²) < 4.78 is 99.5. The zero-order valence-corrected chi connectivity index (χ0v) is 25.7. The van der Waals surface area contributed by atoms with Crippen LogP contribution in [0, 0.1) is 40.8 Å². The molecular weight excluding hydrogens is 610 g/mol. The smallest absolute Gasteiger partial charge is 0.309 e. The second-order valence-corrected chi connectivity index (χ2v) is 11.9. The zero-order chi connectivity index (χ0) is 33.1. The van der Waals surface area contributed by atoms with Crippen molar-refractivity contribution in [3.8, 4) is 16.9 Å². The summed E-state index contributed by atoms with van der Waals surface area (Å²) in [6.07, 6.45) is 3.37. The summed E-state index contributed by atoms with van der Waals surface area (Å²) in [5.74, 6) is -8.53. The van der Waals surface area contributed by atoms with Crippen LogP contribution >= 0.6 is 0 Å². The van der Waals surface area contributed by atoms with Crippen LogP contribution in [0.2, 0.25) is 0 Å². The molecule has 5 rings (SSSR count). The van der Waals surface area contributed by atoms with Gasteiger partial charge in [0, 0.05) is 22.3 Å². The van der Waals surface area contributed by atoms with Gasteiger partial charge in [0.05, 0.1) is 18.6 Å². The molecule has 0 bridgehead atoms. The van der Waals surface area contributed by atoms with Crippen LogP contribution in [0.3, 0.4) is 0 Å². The number of carbonyl (C=O) groups excluding carboxylic acids is 1. The number of ether oxygens (including phenoxy) is 2. The van der Waals surface area contributed by atoms with Crippen molar-refractivity contribution in [1.82, 2.24) is 0 Å². The second kappa shape index (κ2) is 14.3. The summed E-state index contributed by atoms with van der Waals surface area (Å²) in [5.41, 5.74) is -0.171. The summed E-state index contributed by atoms with van der Waals surface area (Å²) in [4.78, 5) is 12.9. The number of hydrogen-bond donors (Lipinski definition) is 1. The number of aliphatic hydroxyl groups excluding tert-OH is 1. The highest BCUT2D eigenvalue weighted by atomic mass is 19.2. The molecular formula is C36H36F6O4. The van der Waals surface area contributed by atoms with Crippen molar-refractivity contribution in [2.24, 2.45) is 5.92 Å². The molecule has 0 amide bonds. The SMILES string of the molecule is CCOc1ccc(-c2ccc(C3=CCC(C(=O)OC4CCC(c5ccc(C(O)CC)c(F)c5F)CC4)CC3)c(F)c2F)c(F)c1F. The Morgan fingerprint density at radius 2 is 1.41 bits per heavy atom. The molecule has 3 aromatic carbocycles. The largest absolute Gasteiger partial charge is 0.491 e. The topological polar surface area (TPSA) is 55.8 Å². The fourth-order valence-corrected chi connectivity index (χ4v) is 6.43. The molecule has 0 spiro atoms. The lowest BCUT2D eigenvalue weighted by atomic mass is 9.81. The number of halogens is 6. The Labute approximate surface area is 264 Å². The number of carbonyl (C=O) groups is 1. The number of rotatable bonds is 9. The molecule has 0 aromatic heterocycles. The number of hydrogen-bond acceptors (Lipinski definition) is 4. The maximum absolute atomic E-state index is 15.2. The lowest BCUT2D eigenvalue weighted by molar-refractivity contribution is -0.156. The van der Waals surface area contributed by atoms with Crippen molar-refractivity contribution < 1.29 is 45.7 Å². The molecule has 2 aliphatic carbocycles. The van der Waals surface area contributed by atoms with Crippen LogP contribution in [0.25, 0.3) is 16.7 Å². The number of benzene rings is 3. The minimum Gasteiger partial charge on any atom is -0.491 e. The highest BCUT2D eigenvalue weighted by Gasteiger charge is 2.32. The Hall–Kier alpha value is -3.79. The summed E-state index contributed by atoms with van der Waals surface area (Å²) in [6.45, 7) is 3.39. The van der Waals surface area contributed by atoms with Crippen LogP contribution in [0.5, 0.6) is 5.75 Å². The third-order valence-corrected chi connectivity index (χ3v) is 9.09. The van der Waals surface area contributed by atoms with Gasteiger partial charge in [-0.3, -0.25) is 4.79 Å². The molecule has 0 aliphatic heterocycles. The number of allylic oxidation sites excluding steroid dienone is 2. The van der Waals surface area contributed by atoms with Crippen LogP contribution in [0.15, 0.2) is 42.5 Å². The van der Waals surface area contributed by atoms with E-state index in [1.54, 1.807) is 19.9 Å². The van der Waals surface area contributed by atoms with E-state index in [2.05, 4.69) is 0 Å². The van der Waals surface area contributed by atoms with Crippen molar-refractivity contribution in [1.29, 1.82) is 0 Å². The van der Waals surface area contributed by atoms with Gasteiger partial charge in [-0.1, -0.05) is 37.3 Å². The molecule has 10 heteroatoms. The predicted molar refractivity (Wildman–Crippen MR) is 161 cm³/mol. The lowest BCUT2D eigenvalue weighted by Gasteiger charge is -2.30. The first-order valence-electron chi connectivity index (χ1n) is 15.7. The van der Waals surface area contributed by atoms with Crippen LogP contribution in [-0.4, -0.2) is 23.8 Å². The Kier molecular flexibility index (Phi) is 10.5. The first-order chi connectivity index (χ1) is 22.0. The number of esters is 1. The minimum absolute atomic E-state index is 0.0147. The first-order valence-corrected chi connectivity index (χ1v) is 15.7. The Morgan fingerprint density at radius 1 is 0.783 bits per heavy atom. The average Bonchev–Trinajstić information content (AvgIpc) is 3.06. The van der Waals surface area contributed by atoms with E-state index in [-0.39, 0.29) is 60.3 Å². The summed E-state index contributed by atoms with van der Waals surface area (Å²) in [7, 11) is 0. The minimum atomic E-state index is -1.34. The van der Waals surface area contributed by atoms with E-state index >= 15 is 8.78 Å². The first kappa shape index (κ1) is 33.6. The standard InChI is InChI=1S/C36H36F6O4/c1-3-28(43)27-16-14-24(31(38)34(27)41)20-9-11-22(12-10-20)46-36(44)21-7-5-19(6-8-21)23-13-15-25(32(39)30(23)37)26-17-18-29(45-4-2)35(42)33(26)40/h5,13-18,20-22,28,43H,3-4,6-12H2,1-2H3. The van der Waals surface area contributed by atoms with E-state index in [9.17, 15) is 27.5 Å². The molecule has 246 valence electrons. The molecule has 0 saturated heterocycles. The summed E-state index contributed by atoms with van der Waals surface area (Å²) in [6, 6.07) is 7.77. The highest BCUT2D eigenvalue weighted by molar-refractivity contribution is 5.77. The maximum Gasteiger partial charge on any atom is 0.309 e. The third kappa shape index (κ3) is 6.68. The van der Waals surface area contributed by atoms with Gasteiger partial charge in [-0.15, -0.1) is 0 Å². The van der Waals surface area contributed by atoms with Gasteiger partial charge in [-0.05, 0) is 87.5 Å². The molecule has 2 unspecified atom stereocenters.